The number of hydrogen-bond acceptors (Lipinski definition) is 4. The zero-order chi connectivity index (χ0) is 19.7. The fourth-order valence-electron chi connectivity index (χ4n) is 2.90. The number of pyridine rings is 1. The van der Waals surface area contributed by atoms with Crippen LogP contribution in [0.2, 0.25) is 5.02 Å². The highest BCUT2D eigenvalue weighted by Crippen LogP contribution is 2.28. The average molecular weight is 408 g/mol. The highest BCUT2D eigenvalue weighted by molar-refractivity contribution is 7.14. The fraction of sp³-hybridized carbons (Fsp3) is 0. The van der Waals surface area contributed by atoms with Crippen LogP contribution in [-0.2, 0) is 0 Å². The van der Waals surface area contributed by atoms with E-state index in [9.17, 15) is 9.59 Å². The van der Waals surface area contributed by atoms with Gasteiger partial charge in [0.15, 0.2) is 0 Å². The van der Waals surface area contributed by atoms with E-state index in [0.29, 0.717) is 26.8 Å². The van der Waals surface area contributed by atoms with Gasteiger partial charge in [0.2, 0.25) is 0 Å². The molecule has 0 bridgehead atoms. The molecule has 28 heavy (non-hydrogen) atoms. The lowest BCUT2D eigenvalue weighted by Gasteiger charge is -2.10. The number of carbonyl (C=O) groups is 2. The highest BCUT2D eigenvalue weighted by atomic mass is 35.5. The third-order valence-corrected chi connectivity index (χ3v) is 5.34. The molecule has 0 aliphatic carbocycles. The van der Waals surface area contributed by atoms with Crippen LogP contribution in [0.3, 0.4) is 0 Å². The number of carbonyl (C=O) groups excluding carboxylic acids is 2. The van der Waals surface area contributed by atoms with Gasteiger partial charge in [0, 0.05) is 16.0 Å². The van der Waals surface area contributed by atoms with E-state index in [0.717, 1.165) is 10.9 Å². The van der Waals surface area contributed by atoms with Crippen LogP contribution in [0.15, 0.2) is 66.0 Å². The molecule has 0 atom stereocenters. The fourth-order valence-corrected chi connectivity index (χ4v) is 3.82. The number of primary amides is 1. The Labute approximate surface area is 169 Å². The van der Waals surface area contributed by atoms with Gasteiger partial charge < -0.3 is 11.1 Å². The molecule has 0 saturated carbocycles. The second-order valence-corrected chi connectivity index (χ2v) is 7.41. The van der Waals surface area contributed by atoms with Crippen molar-refractivity contribution in [3.05, 3.63) is 82.2 Å². The number of aromatic nitrogens is 1. The molecule has 4 rings (SSSR count). The number of para-hydroxylation sites is 1. The van der Waals surface area contributed by atoms with E-state index in [1.165, 1.54) is 11.3 Å². The molecule has 0 spiro atoms. The number of amides is 2. The summed E-state index contributed by atoms with van der Waals surface area (Å²) in [6.07, 6.45) is 0. The molecule has 2 aromatic heterocycles. The quantitative estimate of drug-likeness (QED) is 0.501. The van der Waals surface area contributed by atoms with Gasteiger partial charge >= 0.3 is 0 Å². The van der Waals surface area contributed by atoms with Crippen molar-refractivity contribution in [3.8, 4) is 11.3 Å². The molecule has 138 valence electrons. The Morgan fingerprint density at radius 1 is 1.00 bits per heavy atom. The van der Waals surface area contributed by atoms with Gasteiger partial charge in [-0.1, -0.05) is 41.9 Å². The smallest absolute Gasteiger partial charge is 0.257 e. The van der Waals surface area contributed by atoms with E-state index < -0.39 is 5.91 Å². The molecule has 0 aliphatic rings. The lowest BCUT2D eigenvalue weighted by molar-refractivity contribution is 0.100. The summed E-state index contributed by atoms with van der Waals surface area (Å²) in [5, 5.41) is 6.27. The number of rotatable bonds is 4. The van der Waals surface area contributed by atoms with E-state index in [1.54, 1.807) is 29.6 Å². The van der Waals surface area contributed by atoms with Crippen LogP contribution in [0.5, 0.6) is 0 Å². The number of benzene rings is 2. The van der Waals surface area contributed by atoms with Crippen LogP contribution < -0.4 is 11.1 Å². The summed E-state index contributed by atoms with van der Waals surface area (Å²) in [5.41, 5.74) is 8.31. The maximum absolute atomic E-state index is 13.0. The summed E-state index contributed by atoms with van der Waals surface area (Å²) in [6, 6.07) is 18.0. The number of fused-ring (bicyclic) bond motifs is 1. The first kappa shape index (κ1) is 18.2. The van der Waals surface area contributed by atoms with E-state index in [1.807, 2.05) is 36.4 Å². The molecule has 7 heteroatoms. The third kappa shape index (κ3) is 3.47. The van der Waals surface area contributed by atoms with Crippen LogP contribution in [0.25, 0.3) is 22.2 Å². The summed E-state index contributed by atoms with van der Waals surface area (Å²) < 4.78 is 0. The average Bonchev–Trinajstić information content (AvgIpc) is 3.16. The standard InChI is InChI=1S/C21H14ClN3O2S/c22-13-7-5-12(6-8-13)18-11-16(14-3-1-2-4-17(14)24-18)20(27)25-21-15(19(23)26)9-10-28-21/h1-11H,(H2,23,26)(H,25,27). The molecule has 2 amide bonds. The van der Waals surface area contributed by atoms with Crippen molar-refractivity contribution >= 4 is 50.7 Å². The van der Waals surface area contributed by atoms with Gasteiger partial charge in [0.1, 0.15) is 5.00 Å². The highest BCUT2D eigenvalue weighted by Gasteiger charge is 2.17. The largest absolute Gasteiger partial charge is 0.366 e. The number of nitrogens with one attached hydrogen (secondary N) is 1. The van der Waals surface area contributed by atoms with Crippen molar-refractivity contribution in [1.82, 2.24) is 4.98 Å². The van der Waals surface area contributed by atoms with Crippen molar-refractivity contribution in [2.75, 3.05) is 5.32 Å². The maximum Gasteiger partial charge on any atom is 0.257 e. The van der Waals surface area contributed by atoms with E-state index in [2.05, 4.69) is 10.3 Å². The van der Waals surface area contributed by atoms with Crippen molar-refractivity contribution in [2.24, 2.45) is 5.73 Å². The lowest BCUT2D eigenvalue weighted by Crippen LogP contribution is -2.17. The molecule has 0 radical (unpaired) electrons. The maximum atomic E-state index is 13.0. The molecule has 4 aromatic rings. The minimum Gasteiger partial charge on any atom is -0.366 e. The number of nitrogens with zero attached hydrogens (tertiary/aromatic N) is 1. The van der Waals surface area contributed by atoms with Crippen LogP contribution in [-0.4, -0.2) is 16.8 Å². The first-order valence-corrected chi connectivity index (χ1v) is 9.63. The molecule has 3 N–H and O–H groups in total. The van der Waals surface area contributed by atoms with Gasteiger partial charge in [-0.15, -0.1) is 11.3 Å². The van der Waals surface area contributed by atoms with Crippen LogP contribution in [0.4, 0.5) is 5.00 Å². The van der Waals surface area contributed by atoms with Gasteiger partial charge in [-0.3, -0.25) is 9.59 Å². The van der Waals surface area contributed by atoms with E-state index in [4.69, 9.17) is 17.3 Å². The molecule has 0 aliphatic heterocycles. The molecular weight excluding hydrogens is 394 g/mol. The second-order valence-electron chi connectivity index (χ2n) is 6.06. The van der Waals surface area contributed by atoms with Gasteiger partial charge in [-0.05, 0) is 35.7 Å². The van der Waals surface area contributed by atoms with Crippen molar-refractivity contribution in [2.45, 2.75) is 0 Å². The normalized spacial score (nSPS) is 10.8. The molecule has 2 heterocycles. The molecule has 0 fully saturated rings. The number of anilines is 1. The zero-order valence-electron chi connectivity index (χ0n) is 14.5. The SMILES string of the molecule is NC(=O)c1ccsc1NC(=O)c1cc(-c2ccc(Cl)cc2)nc2ccccc12. The van der Waals surface area contributed by atoms with Gasteiger partial charge in [0.25, 0.3) is 11.8 Å². The van der Waals surface area contributed by atoms with E-state index >= 15 is 0 Å². The number of halogens is 1. The predicted octanol–water partition coefficient (Wildman–Crippen LogP) is 4.97. The Bertz CT molecular complexity index is 1200. The molecule has 5 nitrogen and oxygen atoms in total. The van der Waals surface area contributed by atoms with Crippen LogP contribution >= 0.6 is 22.9 Å². The topological polar surface area (TPSA) is 85.1 Å². The molecular formula is C21H14ClN3O2S. The van der Waals surface area contributed by atoms with Gasteiger partial charge in [-0.2, -0.15) is 0 Å². The summed E-state index contributed by atoms with van der Waals surface area (Å²) in [5.74, 6) is -0.920. The minimum atomic E-state index is -0.585. The second kappa shape index (κ2) is 7.42. The van der Waals surface area contributed by atoms with Gasteiger partial charge in [0.05, 0.1) is 22.3 Å². The summed E-state index contributed by atoms with van der Waals surface area (Å²) in [6.45, 7) is 0. The monoisotopic (exact) mass is 407 g/mol. The third-order valence-electron chi connectivity index (χ3n) is 4.26. The Morgan fingerprint density at radius 3 is 2.50 bits per heavy atom. The van der Waals surface area contributed by atoms with Crippen molar-refractivity contribution in [3.63, 3.8) is 0 Å². The van der Waals surface area contributed by atoms with Crippen LogP contribution in [0.1, 0.15) is 20.7 Å². The summed E-state index contributed by atoms with van der Waals surface area (Å²) in [7, 11) is 0. The first-order valence-electron chi connectivity index (χ1n) is 8.37. The molecule has 2 aromatic carbocycles. The molecule has 0 unspecified atom stereocenters. The Balaban J connectivity index is 1.80. The minimum absolute atomic E-state index is 0.287. The van der Waals surface area contributed by atoms with Crippen LogP contribution in [0, 0.1) is 0 Å². The summed E-state index contributed by atoms with van der Waals surface area (Å²) >= 11 is 7.22. The Hall–Kier alpha value is -3.22. The number of nitrogens with two attached hydrogens (primary N) is 1. The number of hydrogen-bond donors (Lipinski definition) is 2. The zero-order valence-corrected chi connectivity index (χ0v) is 16.1. The van der Waals surface area contributed by atoms with Gasteiger partial charge in [-0.25, -0.2) is 4.98 Å². The molecule has 0 saturated heterocycles. The predicted molar refractivity (Wildman–Crippen MR) is 113 cm³/mol. The van der Waals surface area contributed by atoms with Crippen molar-refractivity contribution in [1.29, 1.82) is 0 Å². The van der Waals surface area contributed by atoms with Crippen molar-refractivity contribution < 1.29 is 9.59 Å². The Kier molecular flexibility index (Phi) is 4.81. The first-order chi connectivity index (χ1) is 13.5. The van der Waals surface area contributed by atoms with E-state index in [-0.39, 0.29) is 11.5 Å². The number of thiophene rings is 1. The summed E-state index contributed by atoms with van der Waals surface area (Å²) in [4.78, 5) is 29.2. The lowest BCUT2D eigenvalue weighted by atomic mass is 10.0. The Morgan fingerprint density at radius 2 is 1.75 bits per heavy atom.